The maximum atomic E-state index is 12.8. The molecule has 10 heteroatoms. The van der Waals surface area contributed by atoms with Crippen LogP contribution in [-0.4, -0.2) is 70.2 Å². The van der Waals surface area contributed by atoms with Crippen LogP contribution in [0.1, 0.15) is 30.9 Å². The summed E-state index contributed by atoms with van der Waals surface area (Å²) in [6.45, 7) is 2.30. The van der Waals surface area contributed by atoms with E-state index < -0.39 is 18.6 Å². The molecule has 0 saturated carbocycles. The van der Waals surface area contributed by atoms with Crippen LogP contribution in [0, 0.1) is 5.92 Å². The van der Waals surface area contributed by atoms with Crippen LogP contribution in [0.3, 0.4) is 0 Å². The van der Waals surface area contributed by atoms with Gasteiger partial charge < -0.3 is 33.5 Å². The number of carboxylic acid groups (broad SMARTS) is 1. The third-order valence-electron chi connectivity index (χ3n) is 6.17. The number of carbonyl (C=O) groups is 2. The molecule has 0 bridgehead atoms. The van der Waals surface area contributed by atoms with Crippen molar-refractivity contribution in [2.75, 3.05) is 48.1 Å². The molecule has 37 heavy (non-hydrogen) atoms. The van der Waals surface area contributed by atoms with Gasteiger partial charge in [-0.05, 0) is 37.0 Å². The zero-order chi connectivity index (χ0) is 26.9. The predicted molar refractivity (Wildman–Crippen MR) is 136 cm³/mol. The van der Waals surface area contributed by atoms with Gasteiger partial charge in [0, 0.05) is 24.1 Å². The smallest absolute Gasteiger partial charge is 0.415 e. The Morgan fingerprint density at radius 2 is 1.73 bits per heavy atom. The minimum atomic E-state index is -1.10. The van der Waals surface area contributed by atoms with Gasteiger partial charge in [-0.25, -0.2) is 4.79 Å². The maximum Gasteiger partial charge on any atom is 0.415 e. The van der Waals surface area contributed by atoms with Crippen molar-refractivity contribution in [1.29, 1.82) is 0 Å². The summed E-state index contributed by atoms with van der Waals surface area (Å²) in [6, 6.07) is 7.19. The summed E-state index contributed by atoms with van der Waals surface area (Å²) in [4.78, 5) is 25.2. The summed E-state index contributed by atoms with van der Waals surface area (Å²) in [7, 11) is 6.19. The molecule has 0 radical (unpaired) electrons. The van der Waals surface area contributed by atoms with Gasteiger partial charge in [0.1, 0.15) is 12.3 Å². The van der Waals surface area contributed by atoms with Gasteiger partial charge in [0.15, 0.2) is 23.0 Å². The van der Waals surface area contributed by atoms with Crippen LogP contribution in [0.4, 0.5) is 4.79 Å². The molecule has 3 rings (SSSR count). The Hall–Kier alpha value is -3.82. The second-order valence-corrected chi connectivity index (χ2v) is 8.73. The minimum Gasteiger partial charge on any atom is -0.493 e. The molecule has 1 aliphatic rings. The third-order valence-corrected chi connectivity index (χ3v) is 6.17. The number of fused-ring (bicyclic) bond motifs is 1. The highest BCUT2D eigenvalue weighted by Gasteiger charge is 2.29. The van der Waals surface area contributed by atoms with Crippen molar-refractivity contribution < 1.29 is 43.1 Å². The number of benzene rings is 2. The van der Waals surface area contributed by atoms with E-state index in [1.165, 1.54) is 12.0 Å². The summed E-state index contributed by atoms with van der Waals surface area (Å²) in [5, 5.41) is 9.18. The van der Waals surface area contributed by atoms with Gasteiger partial charge in [-0.15, -0.1) is 0 Å². The van der Waals surface area contributed by atoms with E-state index in [1.807, 2.05) is 13.0 Å². The van der Waals surface area contributed by atoms with Crippen LogP contribution in [0.5, 0.6) is 34.5 Å². The van der Waals surface area contributed by atoms with Gasteiger partial charge >= 0.3 is 12.1 Å². The Balaban J connectivity index is 1.80. The SMILES string of the molecule is CCCCN(CC(=O)O)C(=O)Oc1cc(CC2COc3cc(OC)c(OC)c(OC)c3C2)ccc1OC. The van der Waals surface area contributed by atoms with Gasteiger partial charge in [-0.1, -0.05) is 19.4 Å². The number of hydrogen-bond acceptors (Lipinski definition) is 8. The molecule has 0 fully saturated rings. The van der Waals surface area contributed by atoms with Crippen LogP contribution in [-0.2, 0) is 17.6 Å². The molecule has 0 saturated heterocycles. The number of nitrogens with zero attached hydrogens (tertiary/aromatic N) is 1. The lowest BCUT2D eigenvalue weighted by Gasteiger charge is -2.28. The molecule has 1 unspecified atom stereocenters. The van der Waals surface area contributed by atoms with Crippen LogP contribution in [0.2, 0.25) is 0 Å². The van der Waals surface area contributed by atoms with E-state index in [1.54, 1.807) is 39.5 Å². The van der Waals surface area contributed by atoms with Gasteiger partial charge in [0.2, 0.25) is 5.75 Å². The Kier molecular flexibility index (Phi) is 9.71. The first-order valence-electron chi connectivity index (χ1n) is 12.1. The average molecular weight is 518 g/mol. The zero-order valence-electron chi connectivity index (χ0n) is 22.0. The number of rotatable bonds is 12. The normalized spacial score (nSPS) is 14.1. The topological polar surface area (TPSA) is 113 Å². The fourth-order valence-electron chi connectivity index (χ4n) is 4.37. The first-order valence-corrected chi connectivity index (χ1v) is 12.1. The third kappa shape index (κ3) is 6.69. The van der Waals surface area contributed by atoms with Crippen molar-refractivity contribution in [3.8, 4) is 34.5 Å². The molecular formula is C27H35NO9. The van der Waals surface area contributed by atoms with E-state index in [0.29, 0.717) is 61.2 Å². The Morgan fingerprint density at radius 3 is 2.35 bits per heavy atom. The molecule has 0 spiro atoms. The van der Waals surface area contributed by atoms with E-state index in [4.69, 9.17) is 28.4 Å². The molecule has 202 valence electrons. The summed E-state index contributed by atoms with van der Waals surface area (Å²) in [5.74, 6) is 1.96. The molecular weight excluding hydrogens is 482 g/mol. The van der Waals surface area contributed by atoms with Gasteiger partial charge in [-0.2, -0.15) is 0 Å². The van der Waals surface area contributed by atoms with E-state index in [-0.39, 0.29) is 11.7 Å². The lowest BCUT2D eigenvalue weighted by atomic mass is 9.90. The van der Waals surface area contributed by atoms with Crippen LogP contribution >= 0.6 is 0 Å². The molecule has 2 aromatic carbocycles. The van der Waals surface area contributed by atoms with E-state index >= 15 is 0 Å². The molecule has 1 amide bonds. The summed E-state index contributed by atoms with van der Waals surface area (Å²) >= 11 is 0. The number of aliphatic carboxylic acids is 1. The number of carboxylic acids is 1. The number of ether oxygens (including phenoxy) is 6. The molecule has 1 heterocycles. The summed E-state index contributed by atoms with van der Waals surface area (Å²) in [5.41, 5.74) is 1.82. The van der Waals surface area contributed by atoms with Crippen molar-refractivity contribution in [1.82, 2.24) is 4.90 Å². The standard InChI is InChI=1S/C27H35NO9/c1-6-7-10-28(15-24(29)30)27(31)37-22-13-17(8-9-20(22)32-2)11-18-12-19-21(36-16-18)14-23(33-3)26(35-5)25(19)34-4/h8-9,13-14,18H,6-7,10-12,15-16H2,1-5H3,(H,29,30). The van der Waals surface area contributed by atoms with E-state index in [9.17, 15) is 14.7 Å². The minimum absolute atomic E-state index is 0.115. The number of hydrogen-bond donors (Lipinski definition) is 1. The number of carbonyl (C=O) groups excluding carboxylic acids is 1. The summed E-state index contributed by atoms with van der Waals surface area (Å²) in [6.07, 6.45) is 2.08. The van der Waals surface area contributed by atoms with Gasteiger partial charge in [-0.3, -0.25) is 9.69 Å². The van der Waals surface area contributed by atoms with Gasteiger partial charge in [0.05, 0.1) is 35.0 Å². The Bertz CT molecular complexity index is 1100. The van der Waals surface area contributed by atoms with Crippen molar-refractivity contribution in [2.45, 2.75) is 32.6 Å². The molecule has 0 aromatic heterocycles. The Labute approximate surface area is 217 Å². The van der Waals surface area contributed by atoms with E-state index in [0.717, 1.165) is 17.5 Å². The lowest BCUT2D eigenvalue weighted by Crippen LogP contribution is -2.38. The molecule has 2 aromatic rings. The monoisotopic (exact) mass is 517 g/mol. The zero-order valence-corrected chi connectivity index (χ0v) is 22.0. The highest BCUT2D eigenvalue weighted by atomic mass is 16.6. The van der Waals surface area contributed by atoms with Crippen LogP contribution in [0.15, 0.2) is 24.3 Å². The number of unbranched alkanes of at least 4 members (excludes halogenated alkanes) is 1. The molecule has 1 atom stereocenters. The maximum absolute atomic E-state index is 12.8. The first-order chi connectivity index (χ1) is 17.8. The quantitative estimate of drug-likeness (QED) is 0.442. The van der Waals surface area contributed by atoms with Crippen molar-refractivity contribution in [3.63, 3.8) is 0 Å². The van der Waals surface area contributed by atoms with Crippen molar-refractivity contribution in [3.05, 3.63) is 35.4 Å². The molecule has 1 aliphatic heterocycles. The highest BCUT2D eigenvalue weighted by molar-refractivity contribution is 5.78. The second kappa shape index (κ2) is 12.9. The van der Waals surface area contributed by atoms with Crippen molar-refractivity contribution in [2.24, 2.45) is 5.92 Å². The van der Waals surface area contributed by atoms with Crippen molar-refractivity contribution >= 4 is 12.1 Å². The first kappa shape index (κ1) is 27.8. The fraction of sp³-hybridized carbons (Fsp3) is 0.481. The molecule has 1 N–H and O–H groups in total. The molecule has 0 aliphatic carbocycles. The van der Waals surface area contributed by atoms with E-state index in [2.05, 4.69) is 0 Å². The van der Waals surface area contributed by atoms with Crippen LogP contribution < -0.4 is 28.4 Å². The Morgan fingerprint density at radius 1 is 1.00 bits per heavy atom. The fourth-order valence-corrected chi connectivity index (χ4v) is 4.37. The number of amides is 1. The van der Waals surface area contributed by atoms with Gasteiger partial charge in [0.25, 0.3) is 0 Å². The van der Waals surface area contributed by atoms with Crippen LogP contribution in [0.25, 0.3) is 0 Å². The second-order valence-electron chi connectivity index (χ2n) is 8.73. The number of methoxy groups -OCH3 is 4. The average Bonchev–Trinajstić information content (AvgIpc) is 2.89. The highest BCUT2D eigenvalue weighted by Crippen LogP contribution is 2.47. The molecule has 10 nitrogen and oxygen atoms in total. The largest absolute Gasteiger partial charge is 0.493 e. The predicted octanol–water partition coefficient (Wildman–Crippen LogP) is 4.20. The summed E-state index contributed by atoms with van der Waals surface area (Å²) < 4.78 is 33.6. The lowest BCUT2D eigenvalue weighted by molar-refractivity contribution is -0.137.